The summed E-state index contributed by atoms with van der Waals surface area (Å²) in [6.45, 7) is 0.499. The molecule has 0 N–H and O–H groups in total. The molecule has 0 radical (unpaired) electrons. The minimum atomic E-state index is -0.727. The van der Waals surface area contributed by atoms with Crippen LogP contribution in [0.2, 0.25) is 0 Å². The summed E-state index contributed by atoms with van der Waals surface area (Å²) in [7, 11) is 2.50. The standard InChI is InChI=1S/C21H19NO4/c1-25-20(23)18(21(24)26-2)19-17-11-7-6-10-16(17)12-13-22(19)14-15-8-4-3-5-9-15/h3-13H,14H2,1-2H3. The number of carbonyl (C=O) groups excluding carboxylic acids is 2. The summed E-state index contributed by atoms with van der Waals surface area (Å²) < 4.78 is 9.71. The van der Waals surface area contributed by atoms with Crippen molar-refractivity contribution in [1.82, 2.24) is 4.90 Å². The molecule has 26 heavy (non-hydrogen) atoms. The largest absolute Gasteiger partial charge is 0.465 e. The van der Waals surface area contributed by atoms with Crippen LogP contribution in [0.5, 0.6) is 0 Å². The number of fused-ring (bicyclic) bond motifs is 1. The van der Waals surface area contributed by atoms with Gasteiger partial charge >= 0.3 is 11.9 Å². The zero-order valence-electron chi connectivity index (χ0n) is 14.6. The third-order valence-electron chi connectivity index (χ3n) is 4.15. The van der Waals surface area contributed by atoms with Gasteiger partial charge in [0, 0.05) is 18.3 Å². The molecule has 0 aromatic heterocycles. The van der Waals surface area contributed by atoms with E-state index in [1.165, 1.54) is 14.2 Å². The normalized spacial score (nSPS) is 12.4. The Balaban J connectivity index is 2.19. The van der Waals surface area contributed by atoms with Gasteiger partial charge in [0.1, 0.15) is 0 Å². The van der Waals surface area contributed by atoms with Crippen LogP contribution in [-0.4, -0.2) is 31.1 Å². The molecule has 0 saturated heterocycles. The highest BCUT2D eigenvalue weighted by atomic mass is 16.5. The lowest BCUT2D eigenvalue weighted by molar-refractivity contribution is -0.144. The summed E-state index contributed by atoms with van der Waals surface area (Å²) in [5, 5.41) is 0. The van der Waals surface area contributed by atoms with Gasteiger partial charge in [-0.25, -0.2) is 9.59 Å². The van der Waals surface area contributed by atoms with E-state index in [1.54, 1.807) is 0 Å². The quantitative estimate of drug-likeness (QED) is 0.367. The first-order chi connectivity index (χ1) is 12.7. The van der Waals surface area contributed by atoms with Gasteiger partial charge in [0.2, 0.25) is 0 Å². The fraction of sp³-hybridized carbons (Fsp3) is 0.143. The molecule has 1 aliphatic rings. The number of hydrogen-bond acceptors (Lipinski definition) is 5. The molecule has 0 unspecified atom stereocenters. The van der Waals surface area contributed by atoms with Crippen LogP contribution in [0.4, 0.5) is 0 Å². The predicted octanol–water partition coefficient (Wildman–Crippen LogP) is 3.23. The number of methoxy groups -OCH3 is 2. The summed E-state index contributed by atoms with van der Waals surface area (Å²) in [6.07, 6.45) is 3.81. The van der Waals surface area contributed by atoms with Crippen LogP contribution < -0.4 is 0 Å². The molecular formula is C21H19NO4. The molecule has 132 valence electrons. The molecular weight excluding hydrogens is 330 g/mol. The van der Waals surface area contributed by atoms with E-state index in [4.69, 9.17) is 9.47 Å². The van der Waals surface area contributed by atoms with E-state index in [1.807, 2.05) is 71.8 Å². The van der Waals surface area contributed by atoms with Crippen LogP contribution in [0, 0.1) is 0 Å². The summed E-state index contributed by atoms with van der Waals surface area (Å²) in [5.41, 5.74) is 3.09. The van der Waals surface area contributed by atoms with Gasteiger partial charge in [0.25, 0.3) is 0 Å². The Bertz CT molecular complexity index is 866. The molecule has 0 bridgehead atoms. The first kappa shape index (κ1) is 17.5. The summed E-state index contributed by atoms with van der Waals surface area (Å²) in [5.74, 6) is -1.45. The monoisotopic (exact) mass is 349 g/mol. The Morgan fingerprint density at radius 2 is 1.50 bits per heavy atom. The predicted molar refractivity (Wildman–Crippen MR) is 98.4 cm³/mol. The minimum absolute atomic E-state index is 0.122. The lowest BCUT2D eigenvalue weighted by atomic mass is 9.96. The van der Waals surface area contributed by atoms with Crippen LogP contribution in [0.25, 0.3) is 11.8 Å². The van der Waals surface area contributed by atoms with E-state index in [0.29, 0.717) is 12.2 Å². The average Bonchev–Trinajstić information content (AvgIpc) is 2.69. The van der Waals surface area contributed by atoms with Gasteiger partial charge in [-0.15, -0.1) is 0 Å². The molecule has 0 atom stereocenters. The number of ether oxygens (including phenoxy) is 2. The highest BCUT2D eigenvalue weighted by Gasteiger charge is 2.31. The van der Waals surface area contributed by atoms with Crippen molar-refractivity contribution in [2.24, 2.45) is 0 Å². The third kappa shape index (κ3) is 3.37. The van der Waals surface area contributed by atoms with Gasteiger partial charge in [-0.05, 0) is 17.2 Å². The van der Waals surface area contributed by atoms with Gasteiger partial charge < -0.3 is 14.4 Å². The summed E-state index contributed by atoms with van der Waals surface area (Å²) >= 11 is 0. The van der Waals surface area contributed by atoms with Crippen molar-refractivity contribution in [2.45, 2.75) is 6.54 Å². The molecule has 1 heterocycles. The van der Waals surface area contributed by atoms with Crippen molar-refractivity contribution in [3.63, 3.8) is 0 Å². The van der Waals surface area contributed by atoms with E-state index < -0.39 is 11.9 Å². The van der Waals surface area contributed by atoms with Crippen LogP contribution >= 0.6 is 0 Å². The maximum absolute atomic E-state index is 12.4. The van der Waals surface area contributed by atoms with E-state index in [0.717, 1.165) is 16.7 Å². The highest BCUT2D eigenvalue weighted by Crippen LogP contribution is 2.33. The minimum Gasteiger partial charge on any atom is -0.465 e. The van der Waals surface area contributed by atoms with Crippen molar-refractivity contribution in [2.75, 3.05) is 14.2 Å². The summed E-state index contributed by atoms with van der Waals surface area (Å²) in [6, 6.07) is 17.4. The smallest absolute Gasteiger partial charge is 0.347 e. The van der Waals surface area contributed by atoms with Gasteiger partial charge in [-0.2, -0.15) is 0 Å². The highest BCUT2D eigenvalue weighted by molar-refractivity contribution is 6.20. The SMILES string of the molecule is COC(=O)C(C(=O)OC)=C1c2ccccc2C=CN1Cc1ccccc1. The number of carbonyl (C=O) groups is 2. The Morgan fingerprint density at radius 3 is 2.15 bits per heavy atom. The molecule has 0 saturated carbocycles. The zero-order chi connectivity index (χ0) is 18.5. The third-order valence-corrected chi connectivity index (χ3v) is 4.15. The molecule has 3 rings (SSSR count). The van der Waals surface area contributed by atoms with Crippen LogP contribution in [-0.2, 0) is 25.6 Å². The molecule has 0 aliphatic carbocycles. The van der Waals surface area contributed by atoms with Crippen molar-refractivity contribution in [3.05, 3.63) is 83.1 Å². The number of esters is 2. The van der Waals surface area contributed by atoms with Gasteiger partial charge in [0.15, 0.2) is 5.57 Å². The molecule has 1 aliphatic heterocycles. The maximum atomic E-state index is 12.4. The molecule has 5 heteroatoms. The fourth-order valence-electron chi connectivity index (χ4n) is 2.93. The molecule has 0 fully saturated rings. The molecule has 2 aromatic rings. The second-order valence-electron chi connectivity index (χ2n) is 5.72. The average molecular weight is 349 g/mol. The Kier molecular flexibility index (Phi) is 5.17. The van der Waals surface area contributed by atoms with Crippen LogP contribution in [0.3, 0.4) is 0 Å². The number of hydrogen-bond donors (Lipinski definition) is 0. The van der Waals surface area contributed by atoms with Crippen molar-refractivity contribution in [1.29, 1.82) is 0 Å². The second kappa shape index (κ2) is 7.70. The first-order valence-corrected chi connectivity index (χ1v) is 8.14. The number of rotatable bonds is 4. The lowest BCUT2D eigenvalue weighted by Gasteiger charge is -2.30. The molecule has 2 aromatic carbocycles. The summed E-state index contributed by atoms with van der Waals surface area (Å²) in [4.78, 5) is 26.6. The maximum Gasteiger partial charge on any atom is 0.347 e. The topological polar surface area (TPSA) is 55.8 Å². The first-order valence-electron chi connectivity index (χ1n) is 8.14. The van der Waals surface area contributed by atoms with E-state index in [2.05, 4.69) is 0 Å². The van der Waals surface area contributed by atoms with Gasteiger partial charge in [-0.1, -0.05) is 54.6 Å². The van der Waals surface area contributed by atoms with Crippen molar-refractivity contribution < 1.29 is 19.1 Å². The van der Waals surface area contributed by atoms with Crippen molar-refractivity contribution >= 4 is 23.7 Å². The molecule has 5 nitrogen and oxygen atoms in total. The van der Waals surface area contributed by atoms with Gasteiger partial charge in [-0.3, -0.25) is 0 Å². The Hall–Kier alpha value is -3.34. The zero-order valence-corrected chi connectivity index (χ0v) is 14.6. The molecule has 0 amide bonds. The molecule has 0 spiro atoms. The number of nitrogens with zero attached hydrogens (tertiary/aromatic N) is 1. The van der Waals surface area contributed by atoms with E-state index >= 15 is 0 Å². The fourth-order valence-corrected chi connectivity index (χ4v) is 2.93. The lowest BCUT2D eigenvalue weighted by Crippen LogP contribution is -2.27. The Labute approximate surface area is 152 Å². The number of benzene rings is 2. The second-order valence-corrected chi connectivity index (χ2v) is 5.72. The van der Waals surface area contributed by atoms with Gasteiger partial charge in [0.05, 0.1) is 19.9 Å². The van der Waals surface area contributed by atoms with E-state index in [-0.39, 0.29) is 5.57 Å². The van der Waals surface area contributed by atoms with E-state index in [9.17, 15) is 9.59 Å². The van der Waals surface area contributed by atoms with Crippen molar-refractivity contribution in [3.8, 4) is 0 Å². The van der Waals surface area contributed by atoms with Crippen LogP contribution in [0.15, 0.2) is 66.4 Å². The van der Waals surface area contributed by atoms with Crippen LogP contribution in [0.1, 0.15) is 16.7 Å². The Morgan fingerprint density at radius 1 is 0.885 bits per heavy atom.